The van der Waals surface area contributed by atoms with Crippen molar-refractivity contribution in [1.29, 1.82) is 0 Å². The lowest BCUT2D eigenvalue weighted by molar-refractivity contribution is 0.0915. The van der Waals surface area contributed by atoms with Gasteiger partial charge in [-0.2, -0.15) is 0 Å². The van der Waals surface area contributed by atoms with Crippen LogP contribution in [0.2, 0.25) is 5.28 Å². The summed E-state index contributed by atoms with van der Waals surface area (Å²) in [5.41, 5.74) is 5.85. The minimum absolute atomic E-state index is 0.147. The number of piperidine rings is 1. The van der Waals surface area contributed by atoms with Crippen molar-refractivity contribution in [3.05, 3.63) is 75.6 Å². The van der Waals surface area contributed by atoms with E-state index in [2.05, 4.69) is 66.9 Å². The molecule has 1 amide bonds. The van der Waals surface area contributed by atoms with E-state index in [1.165, 1.54) is 35.1 Å². The number of carbonyl (C=O) groups excluding carboxylic acids is 1. The Morgan fingerprint density at radius 1 is 1.08 bits per heavy atom. The quantitative estimate of drug-likeness (QED) is 0.360. The summed E-state index contributed by atoms with van der Waals surface area (Å²) in [6.07, 6.45) is 6.73. The van der Waals surface area contributed by atoms with Crippen molar-refractivity contribution in [3.8, 4) is 0 Å². The number of furan rings is 1. The van der Waals surface area contributed by atoms with Gasteiger partial charge in [-0.15, -0.1) is 0 Å². The average Bonchev–Trinajstić information content (AvgIpc) is 3.35. The molecule has 38 heavy (non-hydrogen) atoms. The van der Waals surface area contributed by atoms with Gasteiger partial charge in [0, 0.05) is 32.3 Å². The van der Waals surface area contributed by atoms with Crippen LogP contribution in [0.15, 0.2) is 40.9 Å². The number of carbonyl (C=O) groups is 1. The second-order valence-electron chi connectivity index (χ2n) is 12.4. The second kappa shape index (κ2) is 10.4. The molecule has 6 nitrogen and oxygen atoms in total. The van der Waals surface area contributed by atoms with Crippen molar-refractivity contribution in [2.75, 3.05) is 24.5 Å². The van der Waals surface area contributed by atoms with Gasteiger partial charge < -0.3 is 14.6 Å². The smallest absolute Gasteiger partial charge is 0.287 e. The highest BCUT2D eigenvalue weighted by Crippen LogP contribution is 2.46. The normalized spacial score (nSPS) is 18.7. The predicted molar refractivity (Wildman–Crippen MR) is 152 cm³/mol. The van der Waals surface area contributed by atoms with Gasteiger partial charge >= 0.3 is 0 Å². The molecule has 7 heteroatoms. The minimum Gasteiger partial charge on any atom is -0.456 e. The molecule has 1 N–H and O–H groups in total. The summed E-state index contributed by atoms with van der Waals surface area (Å²) in [7, 11) is 0. The van der Waals surface area contributed by atoms with Crippen LogP contribution in [0.4, 0.5) is 5.82 Å². The molecule has 0 atom stereocenters. The van der Waals surface area contributed by atoms with E-state index in [1.807, 2.05) is 12.1 Å². The van der Waals surface area contributed by atoms with Gasteiger partial charge in [0.25, 0.3) is 5.91 Å². The molecule has 2 aromatic heterocycles. The molecule has 0 spiro atoms. The summed E-state index contributed by atoms with van der Waals surface area (Å²) >= 11 is 5.93. The Balaban J connectivity index is 1.18. The third kappa shape index (κ3) is 5.61. The number of rotatable bonds is 6. The molecule has 2 aliphatic rings. The van der Waals surface area contributed by atoms with Gasteiger partial charge in [-0.3, -0.25) is 4.79 Å². The van der Waals surface area contributed by atoms with Crippen molar-refractivity contribution < 1.29 is 9.21 Å². The molecule has 1 aliphatic carbocycles. The maximum atomic E-state index is 12.8. The molecule has 0 bridgehead atoms. The fourth-order valence-electron chi connectivity index (χ4n) is 5.93. The number of hydrogen-bond acceptors (Lipinski definition) is 5. The lowest BCUT2D eigenvalue weighted by atomic mass is 9.62. The first-order valence-electron chi connectivity index (χ1n) is 13.8. The topological polar surface area (TPSA) is 71.3 Å². The number of anilines is 1. The Morgan fingerprint density at radius 2 is 1.76 bits per heavy atom. The number of nitrogens with one attached hydrogen (secondary N) is 1. The number of amides is 1. The number of benzene rings is 1. The molecular weight excluding hydrogens is 496 g/mol. The third-order valence-corrected chi connectivity index (χ3v) is 8.84. The molecule has 0 unspecified atom stereocenters. The van der Waals surface area contributed by atoms with Crippen molar-refractivity contribution in [3.63, 3.8) is 0 Å². The lowest BCUT2D eigenvalue weighted by Gasteiger charge is -2.42. The van der Waals surface area contributed by atoms with Crippen LogP contribution in [-0.2, 0) is 17.3 Å². The summed E-state index contributed by atoms with van der Waals surface area (Å²) < 4.78 is 6.02. The maximum Gasteiger partial charge on any atom is 0.287 e. The van der Waals surface area contributed by atoms with E-state index in [9.17, 15) is 4.79 Å². The Hall–Kier alpha value is -2.86. The zero-order valence-electron chi connectivity index (χ0n) is 23.2. The van der Waals surface area contributed by atoms with Crippen LogP contribution in [0.5, 0.6) is 0 Å². The van der Waals surface area contributed by atoms with Gasteiger partial charge in [-0.1, -0.05) is 39.8 Å². The number of hydrogen-bond donors (Lipinski definition) is 1. The first kappa shape index (κ1) is 26.7. The first-order valence-corrected chi connectivity index (χ1v) is 14.1. The second-order valence-corrected chi connectivity index (χ2v) is 12.7. The van der Waals surface area contributed by atoms with Gasteiger partial charge in [-0.25, -0.2) is 9.97 Å². The van der Waals surface area contributed by atoms with Crippen molar-refractivity contribution in [2.24, 2.45) is 5.92 Å². The Labute approximate surface area is 231 Å². The molecule has 202 valence electrons. The summed E-state index contributed by atoms with van der Waals surface area (Å²) in [6.45, 7) is 14.0. The number of aromatic nitrogens is 2. The van der Waals surface area contributed by atoms with Crippen molar-refractivity contribution >= 4 is 23.3 Å². The van der Waals surface area contributed by atoms with E-state index in [-0.39, 0.29) is 22.0 Å². The SMILES string of the molecule is Cc1cc2c(cc1Cc1ccc(C(=O)NCC3CCN(c4ccnc(Cl)n4)CC3)o1)C(C)(C)CCC2(C)C. The van der Waals surface area contributed by atoms with Crippen LogP contribution in [0.3, 0.4) is 0 Å². The number of nitrogens with zero attached hydrogens (tertiary/aromatic N) is 3. The Morgan fingerprint density at radius 3 is 2.45 bits per heavy atom. The number of halogens is 1. The predicted octanol–water partition coefficient (Wildman–Crippen LogP) is 6.62. The average molecular weight is 535 g/mol. The van der Waals surface area contributed by atoms with Crippen molar-refractivity contribution in [1.82, 2.24) is 15.3 Å². The maximum absolute atomic E-state index is 12.8. The zero-order valence-corrected chi connectivity index (χ0v) is 24.0. The first-order chi connectivity index (χ1) is 18.0. The molecule has 3 heterocycles. The molecular formula is C31H39ClN4O2. The fraction of sp³-hybridized carbons (Fsp3) is 0.516. The fourth-order valence-corrected chi connectivity index (χ4v) is 6.08. The largest absolute Gasteiger partial charge is 0.456 e. The van der Waals surface area contributed by atoms with E-state index >= 15 is 0 Å². The van der Waals surface area contributed by atoms with E-state index in [0.29, 0.717) is 24.6 Å². The molecule has 1 saturated heterocycles. The van der Waals surface area contributed by atoms with Gasteiger partial charge in [0.1, 0.15) is 11.6 Å². The van der Waals surface area contributed by atoms with E-state index in [1.54, 1.807) is 12.3 Å². The molecule has 0 radical (unpaired) electrons. The van der Waals surface area contributed by atoms with Crippen LogP contribution in [0.1, 0.15) is 91.9 Å². The highest BCUT2D eigenvalue weighted by molar-refractivity contribution is 6.28. The summed E-state index contributed by atoms with van der Waals surface area (Å²) in [5.74, 6) is 2.34. The highest BCUT2D eigenvalue weighted by atomic mass is 35.5. The molecule has 0 saturated carbocycles. The molecule has 3 aromatic rings. The van der Waals surface area contributed by atoms with Gasteiger partial charge in [0.05, 0.1) is 0 Å². The van der Waals surface area contributed by atoms with E-state index in [0.717, 1.165) is 37.5 Å². The summed E-state index contributed by atoms with van der Waals surface area (Å²) in [4.78, 5) is 23.3. The zero-order chi connectivity index (χ0) is 27.1. The van der Waals surface area contributed by atoms with Crippen LogP contribution >= 0.6 is 11.6 Å². The van der Waals surface area contributed by atoms with E-state index < -0.39 is 0 Å². The van der Waals surface area contributed by atoms with Crippen LogP contribution in [0, 0.1) is 12.8 Å². The summed E-state index contributed by atoms with van der Waals surface area (Å²) in [5, 5.41) is 3.35. The lowest BCUT2D eigenvalue weighted by Crippen LogP contribution is -2.39. The number of fused-ring (bicyclic) bond motifs is 1. The van der Waals surface area contributed by atoms with Crippen LogP contribution in [0.25, 0.3) is 0 Å². The Kier molecular flexibility index (Phi) is 7.29. The monoisotopic (exact) mass is 534 g/mol. The van der Waals surface area contributed by atoms with Gasteiger partial charge in [-0.05, 0) is 101 Å². The molecule has 5 rings (SSSR count). The number of aryl methyl sites for hydroxylation is 1. The summed E-state index contributed by atoms with van der Waals surface area (Å²) in [6, 6.07) is 10.4. The molecule has 1 fully saturated rings. The van der Waals surface area contributed by atoms with Crippen LogP contribution in [-0.4, -0.2) is 35.5 Å². The van der Waals surface area contributed by atoms with Crippen molar-refractivity contribution in [2.45, 2.75) is 77.6 Å². The van der Waals surface area contributed by atoms with Gasteiger partial charge in [0.2, 0.25) is 5.28 Å². The molecule has 1 aromatic carbocycles. The molecule has 1 aliphatic heterocycles. The standard InChI is InChI=1S/C31H39ClN4O2/c1-20-16-24-25(31(4,5)12-11-30(24,2)3)18-22(20)17-23-6-7-26(38-23)28(37)34-19-21-9-14-36(15-10-21)27-8-13-33-29(32)35-27/h6-8,13,16,18,21H,9-12,14-15,17,19H2,1-5H3,(H,34,37). The van der Waals surface area contributed by atoms with Crippen LogP contribution < -0.4 is 10.2 Å². The van der Waals surface area contributed by atoms with E-state index in [4.69, 9.17) is 16.0 Å². The van der Waals surface area contributed by atoms with Gasteiger partial charge in [0.15, 0.2) is 5.76 Å². The Bertz CT molecular complexity index is 1320. The highest BCUT2D eigenvalue weighted by Gasteiger charge is 2.37. The minimum atomic E-state index is -0.147. The third-order valence-electron chi connectivity index (χ3n) is 8.66.